The van der Waals surface area contributed by atoms with Crippen LogP contribution in [-0.2, 0) is 9.53 Å². The standard InChI is InChI=1S/C15H20O2/c1-9(2)15-6-5-14(4,17-15)12-7-13(16)10(3)11(12)8-15/h5-6,9,12H,7-8H2,1-4H3/t12-,14-,15+/m0/s1. The first-order chi connectivity index (χ1) is 7.88. The summed E-state index contributed by atoms with van der Waals surface area (Å²) in [5, 5.41) is 0. The molecule has 2 heterocycles. The van der Waals surface area contributed by atoms with Crippen LogP contribution in [0.3, 0.4) is 0 Å². The Morgan fingerprint density at radius 3 is 2.76 bits per heavy atom. The molecule has 2 heteroatoms. The lowest BCUT2D eigenvalue weighted by molar-refractivity contribution is -0.144. The lowest BCUT2D eigenvalue weighted by Gasteiger charge is -2.46. The van der Waals surface area contributed by atoms with Crippen LogP contribution in [0.2, 0.25) is 0 Å². The van der Waals surface area contributed by atoms with Crippen LogP contribution in [0.25, 0.3) is 0 Å². The van der Waals surface area contributed by atoms with Crippen molar-refractivity contribution >= 4 is 5.78 Å². The van der Waals surface area contributed by atoms with Crippen molar-refractivity contribution in [2.75, 3.05) is 0 Å². The topological polar surface area (TPSA) is 26.3 Å². The monoisotopic (exact) mass is 232 g/mol. The van der Waals surface area contributed by atoms with Crippen LogP contribution in [0, 0.1) is 11.8 Å². The number of carbonyl (C=O) groups is 1. The average Bonchev–Trinajstić information content (AvgIpc) is 2.71. The molecule has 92 valence electrons. The first kappa shape index (κ1) is 11.2. The van der Waals surface area contributed by atoms with Crippen LogP contribution in [0.4, 0.5) is 0 Å². The van der Waals surface area contributed by atoms with Gasteiger partial charge in [-0.25, -0.2) is 0 Å². The molecule has 1 saturated heterocycles. The molecule has 1 fully saturated rings. The minimum atomic E-state index is -0.259. The summed E-state index contributed by atoms with van der Waals surface area (Å²) in [5.41, 5.74) is 1.92. The molecular formula is C15H20O2. The fourth-order valence-corrected chi connectivity index (χ4v) is 3.58. The Morgan fingerprint density at radius 1 is 1.41 bits per heavy atom. The van der Waals surface area contributed by atoms with Crippen LogP contribution in [-0.4, -0.2) is 17.0 Å². The maximum absolute atomic E-state index is 11.9. The van der Waals surface area contributed by atoms with Gasteiger partial charge in [-0.3, -0.25) is 4.79 Å². The van der Waals surface area contributed by atoms with Gasteiger partial charge in [0.15, 0.2) is 5.78 Å². The van der Waals surface area contributed by atoms with E-state index in [0.717, 1.165) is 12.0 Å². The van der Waals surface area contributed by atoms with Crippen LogP contribution in [0.5, 0.6) is 0 Å². The van der Waals surface area contributed by atoms with Crippen LogP contribution in [0.1, 0.15) is 40.5 Å². The van der Waals surface area contributed by atoms with E-state index in [4.69, 9.17) is 4.74 Å². The first-order valence-corrected chi connectivity index (χ1v) is 6.51. The minimum absolute atomic E-state index is 0.174. The largest absolute Gasteiger partial charge is 0.359 e. The number of ketones is 1. The molecule has 3 rings (SSSR count). The van der Waals surface area contributed by atoms with Gasteiger partial charge in [0.25, 0.3) is 0 Å². The number of rotatable bonds is 1. The quantitative estimate of drug-likeness (QED) is 0.649. The lowest BCUT2D eigenvalue weighted by Crippen LogP contribution is -2.48. The summed E-state index contributed by atoms with van der Waals surface area (Å²) in [7, 11) is 0. The molecule has 0 aromatic heterocycles. The van der Waals surface area contributed by atoms with Gasteiger partial charge in [0.05, 0.1) is 11.2 Å². The summed E-state index contributed by atoms with van der Waals surface area (Å²) in [6, 6.07) is 0. The number of allylic oxidation sites excluding steroid dienone is 1. The molecule has 0 unspecified atom stereocenters. The Bertz CT molecular complexity index is 458. The highest BCUT2D eigenvalue weighted by atomic mass is 16.5. The molecule has 2 aliphatic heterocycles. The number of ether oxygens (including phenoxy) is 1. The van der Waals surface area contributed by atoms with Crippen molar-refractivity contribution < 1.29 is 9.53 Å². The van der Waals surface area contributed by atoms with Crippen LogP contribution < -0.4 is 0 Å². The molecule has 17 heavy (non-hydrogen) atoms. The second-order valence-electron chi connectivity index (χ2n) is 6.24. The second kappa shape index (κ2) is 3.11. The maximum atomic E-state index is 11.9. The zero-order valence-corrected chi connectivity index (χ0v) is 11.0. The zero-order chi connectivity index (χ0) is 12.4. The Labute approximate surface area is 103 Å². The van der Waals surface area contributed by atoms with Crippen molar-refractivity contribution in [3.63, 3.8) is 0 Å². The third-order valence-corrected chi connectivity index (χ3v) is 4.95. The highest BCUT2D eigenvalue weighted by molar-refractivity contribution is 5.99. The van der Waals surface area contributed by atoms with Gasteiger partial charge >= 0.3 is 0 Å². The van der Waals surface area contributed by atoms with Gasteiger partial charge in [0.1, 0.15) is 0 Å². The van der Waals surface area contributed by atoms with E-state index >= 15 is 0 Å². The van der Waals surface area contributed by atoms with Crippen molar-refractivity contribution in [3.05, 3.63) is 23.3 Å². The summed E-state index contributed by atoms with van der Waals surface area (Å²) in [6.07, 6.45) is 5.96. The Kier molecular flexibility index (Phi) is 2.05. The van der Waals surface area contributed by atoms with Gasteiger partial charge in [-0.1, -0.05) is 31.6 Å². The summed E-state index contributed by atoms with van der Waals surface area (Å²) in [5.74, 6) is 1.04. The van der Waals surface area contributed by atoms with Crippen molar-refractivity contribution in [3.8, 4) is 0 Å². The molecule has 0 N–H and O–H groups in total. The minimum Gasteiger partial charge on any atom is -0.359 e. The third-order valence-electron chi connectivity index (χ3n) is 4.95. The fourth-order valence-electron chi connectivity index (χ4n) is 3.58. The molecule has 0 aromatic rings. The smallest absolute Gasteiger partial charge is 0.159 e. The highest BCUT2D eigenvalue weighted by Gasteiger charge is 2.56. The van der Waals surface area contributed by atoms with Gasteiger partial charge in [-0.2, -0.15) is 0 Å². The van der Waals surface area contributed by atoms with Gasteiger partial charge in [-0.05, 0) is 25.3 Å². The maximum Gasteiger partial charge on any atom is 0.159 e. The highest BCUT2D eigenvalue weighted by Crippen LogP contribution is 2.55. The van der Waals surface area contributed by atoms with E-state index in [1.54, 1.807) is 0 Å². The predicted molar refractivity (Wildman–Crippen MR) is 66.6 cm³/mol. The molecule has 0 spiro atoms. The normalized spacial score (nSPS) is 43.8. The first-order valence-electron chi connectivity index (χ1n) is 6.51. The lowest BCUT2D eigenvalue weighted by atomic mass is 9.76. The number of Topliss-reactive ketones (excluding diaryl/α,β-unsaturated/α-hetero) is 1. The molecule has 3 atom stereocenters. The Balaban J connectivity index is 2.10. The van der Waals surface area contributed by atoms with E-state index in [9.17, 15) is 4.79 Å². The summed E-state index contributed by atoms with van der Waals surface area (Å²) in [6.45, 7) is 8.51. The van der Waals surface area contributed by atoms with E-state index in [1.165, 1.54) is 5.57 Å². The molecular weight excluding hydrogens is 212 g/mol. The molecule has 3 aliphatic rings. The summed E-state index contributed by atoms with van der Waals surface area (Å²) in [4.78, 5) is 11.9. The van der Waals surface area contributed by atoms with E-state index in [1.807, 2.05) is 6.92 Å². The fraction of sp³-hybridized carbons (Fsp3) is 0.667. The molecule has 0 saturated carbocycles. The Morgan fingerprint density at radius 2 is 2.12 bits per heavy atom. The van der Waals surface area contributed by atoms with Gasteiger partial charge in [0, 0.05) is 18.8 Å². The van der Waals surface area contributed by atoms with E-state index in [0.29, 0.717) is 18.1 Å². The van der Waals surface area contributed by atoms with Crippen LogP contribution in [0.15, 0.2) is 23.3 Å². The van der Waals surface area contributed by atoms with E-state index in [2.05, 4.69) is 32.9 Å². The van der Waals surface area contributed by atoms with Crippen molar-refractivity contribution in [1.29, 1.82) is 0 Å². The second-order valence-corrected chi connectivity index (χ2v) is 6.24. The Hall–Kier alpha value is -0.890. The number of fused-ring (bicyclic) bond motifs is 4. The van der Waals surface area contributed by atoms with Crippen LogP contribution >= 0.6 is 0 Å². The van der Waals surface area contributed by atoms with Gasteiger partial charge < -0.3 is 4.74 Å². The summed E-state index contributed by atoms with van der Waals surface area (Å²) < 4.78 is 6.35. The number of hydrogen-bond acceptors (Lipinski definition) is 2. The summed E-state index contributed by atoms with van der Waals surface area (Å²) >= 11 is 0. The van der Waals surface area contributed by atoms with Gasteiger partial charge in [0.2, 0.25) is 0 Å². The zero-order valence-electron chi connectivity index (χ0n) is 11.0. The molecule has 2 bridgehead atoms. The van der Waals surface area contributed by atoms with Crippen molar-refractivity contribution in [1.82, 2.24) is 0 Å². The SMILES string of the molecule is CC1=C2C[C@@]3(C(C)C)C=C[C@](C)(O3)[C@H]2CC1=O. The average molecular weight is 232 g/mol. The molecule has 0 radical (unpaired) electrons. The van der Waals surface area contributed by atoms with Crippen molar-refractivity contribution in [2.24, 2.45) is 11.8 Å². The molecule has 0 amide bonds. The molecule has 0 aromatic carbocycles. The molecule has 2 nitrogen and oxygen atoms in total. The van der Waals surface area contributed by atoms with Gasteiger partial charge in [-0.15, -0.1) is 0 Å². The van der Waals surface area contributed by atoms with E-state index in [-0.39, 0.29) is 17.1 Å². The van der Waals surface area contributed by atoms with E-state index < -0.39 is 0 Å². The number of carbonyl (C=O) groups excluding carboxylic acids is 1. The number of hydrogen-bond donors (Lipinski definition) is 0. The van der Waals surface area contributed by atoms with Crippen molar-refractivity contribution in [2.45, 2.75) is 51.7 Å². The predicted octanol–water partition coefficient (Wildman–Crippen LogP) is 3.04. The third kappa shape index (κ3) is 1.28. The molecule has 1 aliphatic carbocycles.